The third-order valence-electron chi connectivity index (χ3n) is 13.5. The third kappa shape index (κ3) is 11.1. The summed E-state index contributed by atoms with van der Waals surface area (Å²) in [6.45, 7) is 19.1. The van der Waals surface area contributed by atoms with Crippen LogP contribution in [0, 0.1) is 23.7 Å². The Balaban J connectivity index is 1.83. The van der Waals surface area contributed by atoms with Crippen LogP contribution in [-0.4, -0.2) is 176 Å². The minimum atomic E-state index is -1.64. The molecule has 0 aromatic rings. The van der Waals surface area contributed by atoms with Crippen molar-refractivity contribution in [1.82, 2.24) is 10.2 Å². The van der Waals surface area contributed by atoms with Crippen LogP contribution in [0.25, 0.3) is 0 Å². The number of rotatable bonds is 12. The second kappa shape index (κ2) is 20.4. The second-order valence-corrected chi connectivity index (χ2v) is 18.6. The van der Waals surface area contributed by atoms with Gasteiger partial charge in [0.2, 0.25) is 0 Å². The maximum Gasteiger partial charge on any atom is 0.311 e. The molecule has 2 bridgehead atoms. The van der Waals surface area contributed by atoms with Crippen LogP contribution in [0.5, 0.6) is 0 Å². The topological polar surface area (TPSA) is 196 Å². The summed E-state index contributed by atoms with van der Waals surface area (Å²) < 4.78 is 55.7. The summed E-state index contributed by atoms with van der Waals surface area (Å²) in [5, 5.41) is 51.5. The molecule has 0 spiro atoms. The second-order valence-electron chi connectivity index (χ2n) is 18.6. The summed E-state index contributed by atoms with van der Waals surface area (Å²) in [7, 11) is 6.90. The van der Waals surface area contributed by atoms with Gasteiger partial charge in [-0.25, -0.2) is 0 Å². The third-order valence-corrected chi connectivity index (χ3v) is 13.5. The lowest BCUT2D eigenvalue weighted by Gasteiger charge is -2.52. The summed E-state index contributed by atoms with van der Waals surface area (Å²) >= 11 is 0. The standard InChI is InChI=1S/C42H78N2O14/c1-15-29-42(10,49)37-24(4)32(43-30(56-37)21-52-17-16-50-13)22(2)19-40(8,48)36(58-39-33(45)28(44(11)12)18-23(3)53-39)25(5)34(26(6)38(47)55-29)57-31-20-41(9,51-14)35(46)27(7)54-31/h22-37,39,43,45-46,48-49H,15-21H2,1-14H3/t22-,23-,24+,25+,26-,27+,28+,29-,30?,31+,32+,33-,34+,35+,36-,37-,39+,40-,41?,42-/m1/s1. The van der Waals surface area contributed by atoms with Gasteiger partial charge in [-0.1, -0.05) is 27.7 Å². The van der Waals surface area contributed by atoms with Crippen molar-refractivity contribution < 1.29 is 67.9 Å². The van der Waals surface area contributed by atoms with Crippen LogP contribution in [-0.2, 0) is 47.4 Å². The smallest absolute Gasteiger partial charge is 0.311 e. The van der Waals surface area contributed by atoms with Crippen LogP contribution in [0.2, 0.25) is 0 Å². The fourth-order valence-electron chi connectivity index (χ4n) is 10.0. The van der Waals surface area contributed by atoms with Gasteiger partial charge in [0.05, 0.1) is 67.5 Å². The number of carbonyl (C=O) groups excluding carboxylic acids is 1. The number of methoxy groups -OCH3 is 2. The SMILES string of the molecule is CC[C@H]1OC(=O)[C@H](C)[C@@H](O[C@H]2CC(C)(OC)[C@@H](O)[C@H](C)O2)[C@H](C)[C@@H](O[C@@H]2O[C@H](C)C[C@H](N(C)C)[C@H]2O)[C@](C)(O)C[C@@H](C)[C@@H]2NC(COCCOC)O[C@H]([C@H]2C)[C@]1(C)O. The van der Waals surface area contributed by atoms with Gasteiger partial charge in [-0.05, 0) is 80.8 Å². The molecule has 4 saturated heterocycles. The fourth-order valence-corrected chi connectivity index (χ4v) is 10.0. The van der Waals surface area contributed by atoms with E-state index in [1.165, 1.54) is 7.11 Å². The van der Waals surface area contributed by atoms with E-state index in [0.29, 0.717) is 19.6 Å². The zero-order valence-electron chi connectivity index (χ0n) is 37.6. The number of hydrogen-bond acceptors (Lipinski definition) is 16. The Morgan fingerprint density at radius 1 is 0.914 bits per heavy atom. The van der Waals surface area contributed by atoms with Crippen molar-refractivity contribution in [2.45, 2.75) is 191 Å². The number of carbonyl (C=O) groups is 1. The quantitative estimate of drug-likeness (QED) is 0.142. The van der Waals surface area contributed by atoms with Crippen LogP contribution >= 0.6 is 0 Å². The molecule has 4 aliphatic heterocycles. The molecule has 4 aliphatic rings. The predicted molar refractivity (Wildman–Crippen MR) is 214 cm³/mol. The zero-order chi connectivity index (χ0) is 43.5. The molecule has 0 aromatic carbocycles. The number of fused-ring (bicyclic) bond motifs is 2. The molecule has 58 heavy (non-hydrogen) atoms. The lowest BCUT2D eigenvalue weighted by Crippen LogP contribution is -2.67. The van der Waals surface area contributed by atoms with Crippen molar-refractivity contribution in [2.24, 2.45) is 23.7 Å². The van der Waals surface area contributed by atoms with Crippen molar-refractivity contribution in [3.05, 3.63) is 0 Å². The first kappa shape index (κ1) is 49.6. The molecular weight excluding hydrogens is 756 g/mol. The van der Waals surface area contributed by atoms with E-state index in [2.05, 4.69) is 5.32 Å². The number of aliphatic hydroxyl groups is 4. The number of nitrogens with zero attached hydrogens (tertiary/aromatic N) is 1. The lowest BCUT2D eigenvalue weighted by atomic mass is 9.71. The Kier molecular flexibility index (Phi) is 17.4. The van der Waals surface area contributed by atoms with Gasteiger partial charge < -0.3 is 68.0 Å². The highest BCUT2D eigenvalue weighted by molar-refractivity contribution is 5.73. The van der Waals surface area contributed by atoms with Crippen LogP contribution in [0.4, 0.5) is 0 Å². The molecule has 16 heteroatoms. The molecule has 2 unspecified atom stereocenters. The van der Waals surface area contributed by atoms with E-state index >= 15 is 0 Å². The highest BCUT2D eigenvalue weighted by Crippen LogP contribution is 2.43. The van der Waals surface area contributed by atoms with E-state index in [9.17, 15) is 25.2 Å². The maximum absolute atomic E-state index is 14.5. The Morgan fingerprint density at radius 2 is 1.59 bits per heavy atom. The van der Waals surface area contributed by atoms with E-state index < -0.39 is 96.1 Å². The van der Waals surface area contributed by atoms with Gasteiger partial charge in [0.1, 0.15) is 30.1 Å². The molecule has 4 rings (SSSR count). The molecule has 340 valence electrons. The minimum absolute atomic E-state index is 0.137. The van der Waals surface area contributed by atoms with Crippen molar-refractivity contribution >= 4 is 5.97 Å². The maximum atomic E-state index is 14.5. The van der Waals surface area contributed by atoms with E-state index in [-0.39, 0.29) is 55.9 Å². The van der Waals surface area contributed by atoms with Gasteiger partial charge in [-0.2, -0.15) is 0 Å². The Morgan fingerprint density at radius 3 is 2.19 bits per heavy atom. The van der Waals surface area contributed by atoms with E-state index in [1.807, 2.05) is 53.6 Å². The largest absolute Gasteiger partial charge is 0.459 e. The van der Waals surface area contributed by atoms with E-state index in [1.54, 1.807) is 41.7 Å². The van der Waals surface area contributed by atoms with E-state index in [0.717, 1.165) is 0 Å². The van der Waals surface area contributed by atoms with Crippen molar-refractivity contribution in [3.8, 4) is 0 Å². The number of nitrogens with one attached hydrogen (secondary N) is 1. The summed E-state index contributed by atoms with van der Waals surface area (Å²) in [5.74, 6) is -2.95. The summed E-state index contributed by atoms with van der Waals surface area (Å²) in [6.07, 6.45) is -8.29. The molecule has 0 radical (unpaired) electrons. The highest BCUT2D eigenvalue weighted by atomic mass is 16.7. The Bertz CT molecular complexity index is 1290. The Hall–Kier alpha value is -1.09. The molecular formula is C42H78N2O14. The summed E-state index contributed by atoms with van der Waals surface area (Å²) in [6, 6.07) is -0.593. The molecule has 16 nitrogen and oxygen atoms in total. The summed E-state index contributed by atoms with van der Waals surface area (Å²) in [5.41, 5.74) is -4.27. The van der Waals surface area contributed by atoms with Crippen molar-refractivity contribution in [1.29, 1.82) is 0 Å². The molecule has 4 heterocycles. The molecule has 5 N–H and O–H groups in total. The first-order valence-corrected chi connectivity index (χ1v) is 21.4. The lowest BCUT2D eigenvalue weighted by molar-refractivity contribution is -0.318. The predicted octanol–water partition coefficient (Wildman–Crippen LogP) is 2.20. The summed E-state index contributed by atoms with van der Waals surface area (Å²) in [4.78, 5) is 16.4. The van der Waals surface area contributed by atoms with Gasteiger partial charge in [0.15, 0.2) is 12.6 Å². The first-order chi connectivity index (χ1) is 27.0. The van der Waals surface area contributed by atoms with E-state index in [4.69, 9.17) is 42.6 Å². The molecule has 0 aliphatic carbocycles. The van der Waals surface area contributed by atoms with Gasteiger partial charge in [-0.3, -0.25) is 10.1 Å². The number of ether oxygens (including phenoxy) is 9. The molecule has 0 aromatic heterocycles. The number of aliphatic hydroxyl groups excluding tert-OH is 2. The van der Waals surface area contributed by atoms with Crippen molar-refractivity contribution in [2.75, 3.05) is 48.1 Å². The average Bonchev–Trinajstić information content (AvgIpc) is 3.15. The molecule has 4 fully saturated rings. The minimum Gasteiger partial charge on any atom is -0.459 e. The first-order valence-electron chi connectivity index (χ1n) is 21.4. The van der Waals surface area contributed by atoms with Gasteiger partial charge >= 0.3 is 5.97 Å². The van der Waals surface area contributed by atoms with Crippen LogP contribution in [0.1, 0.15) is 94.9 Å². The zero-order valence-corrected chi connectivity index (χ0v) is 37.6. The number of likely N-dealkylation sites (N-methyl/N-ethyl adjacent to an activating group) is 1. The normalized spacial score (nSPS) is 48.7. The van der Waals surface area contributed by atoms with Crippen LogP contribution < -0.4 is 5.32 Å². The number of hydrogen-bond donors (Lipinski definition) is 5. The average molecular weight is 835 g/mol. The van der Waals surface area contributed by atoms with Gasteiger partial charge in [0, 0.05) is 44.6 Å². The molecule has 20 atom stereocenters. The highest BCUT2D eigenvalue weighted by Gasteiger charge is 2.55. The van der Waals surface area contributed by atoms with Crippen molar-refractivity contribution in [3.63, 3.8) is 0 Å². The van der Waals surface area contributed by atoms with Crippen LogP contribution in [0.3, 0.4) is 0 Å². The number of esters is 1. The molecule has 0 saturated carbocycles. The van der Waals surface area contributed by atoms with Crippen LogP contribution in [0.15, 0.2) is 0 Å². The monoisotopic (exact) mass is 835 g/mol. The Labute approximate surface area is 346 Å². The fraction of sp³-hybridized carbons (Fsp3) is 0.976. The number of cyclic esters (lactones) is 1. The molecule has 0 amide bonds. The van der Waals surface area contributed by atoms with Gasteiger partial charge in [0.25, 0.3) is 0 Å². The van der Waals surface area contributed by atoms with Gasteiger partial charge in [-0.15, -0.1) is 0 Å².